The average molecular weight is 585 g/mol. The van der Waals surface area contributed by atoms with E-state index in [2.05, 4.69) is 10.6 Å². The predicted octanol–water partition coefficient (Wildman–Crippen LogP) is 3.41. The van der Waals surface area contributed by atoms with Crippen molar-refractivity contribution in [3.8, 4) is 11.5 Å². The molecule has 12 nitrogen and oxygen atoms in total. The highest BCUT2D eigenvalue weighted by atomic mass is 16.6. The van der Waals surface area contributed by atoms with Crippen LogP contribution in [-0.2, 0) is 32.1 Å². The number of hydrogen-bond acceptors (Lipinski definition) is 8. The summed E-state index contributed by atoms with van der Waals surface area (Å²) in [7, 11) is 1.55. The van der Waals surface area contributed by atoms with Crippen LogP contribution in [0.2, 0.25) is 0 Å². The minimum atomic E-state index is -0.939. The first kappa shape index (κ1) is 32.2. The number of benzene rings is 2. The number of hydrogen-bond donors (Lipinski definition) is 4. The highest BCUT2D eigenvalue weighted by Gasteiger charge is 2.39. The zero-order chi connectivity index (χ0) is 31.0. The fourth-order valence-corrected chi connectivity index (χ4v) is 4.54. The van der Waals surface area contributed by atoms with Crippen LogP contribution in [0.25, 0.3) is 0 Å². The monoisotopic (exact) mass is 584 g/mol. The summed E-state index contributed by atoms with van der Waals surface area (Å²) >= 11 is 0. The standard InChI is InChI=1S/C30H40N4O8/c1-18(2)13-24(32-29(38)42-30(3,4)5)28(37)34-16-20-14-23(41-17-26(35)33-39)10-7-19(20)15-25(34)27(36)31-21-8-11-22(40-6)12-9-21/h7-12,14,18,24-25,39H,13,15-17H2,1-6H3,(H,31,36)(H,32,38)(H,33,35)/t24-,25-/m0/s1. The molecule has 12 heteroatoms. The number of rotatable bonds is 10. The van der Waals surface area contributed by atoms with Crippen molar-refractivity contribution < 1.29 is 38.6 Å². The van der Waals surface area contributed by atoms with Gasteiger partial charge in [0.15, 0.2) is 6.61 Å². The van der Waals surface area contributed by atoms with Gasteiger partial charge >= 0.3 is 6.09 Å². The molecule has 0 unspecified atom stereocenters. The molecule has 228 valence electrons. The lowest BCUT2D eigenvalue weighted by atomic mass is 9.91. The van der Waals surface area contributed by atoms with Crippen LogP contribution in [0.15, 0.2) is 42.5 Å². The molecule has 42 heavy (non-hydrogen) atoms. The van der Waals surface area contributed by atoms with Gasteiger partial charge in [-0.15, -0.1) is 0 Å². The Morgan fingerprint density at radius 2 is 1.69 bits per heavy atom. The molecule has 4 amide bonds. The quantitative estimate of drug-likeness (QED) is 0.245. The summed E-state index contributed by atoms with van der Waals surface area (Å²) in [5.41, 5.74) is 2.83. The second kappa shape index (κ2) is 14.0. The lowest BCUT2D eigenvalue weighted by molar-refractivity contribution is -0.142. The van der Waals surface area contributed by atoms with E-state index in [1.807, 2.05) is 13.8 Å². The number of carbonyl (C=O) groups excluding carboxylic acids is 4. The number of fused-ring (bicyclic) bond motifs is 1. The number of hydroxylamine groups is 1. The molecule has 1 aliphatic rings. The van der Waals surface area contributed by atoms with E-state index in [1.54, 1.807) is 70.3 Å². The zero-order valence-electron chi connectivity index (χ0n) is 24.9. The van der Waals surface area contributed by atoms with Crippen LogP contribution in [0.5, 0.6) is 11.5 Å². The summed E-state index contributed by atoms with van der Waals surface area (Å²) < 4.78 is 16.1. The van der Waals surface area contributed by atoms with Gasteiger partial charge in [0.25, 0.3) is 5.91 Å². The molecule has 2 atom stereocenters. The highest BCUT2D eigenvalue weighted by molar-refractivity contribution is 5.99. The normalized spacial score (nSPS) is 15.2. The maximum atomic E-state index is 14.1. The largest absolute Gasteiger partial charge is 0.497 e. The fraction of sp³-hybridized carbons (Fsp3) is 0.467. The van der Waals surface area contributed by atoms with Crippen LogP contribution in [0.1, 0.15) is 52.2 Å². The van der Waals surface area contributed by atoms with Crippen LogP contribution in [-0.4, -0.2) is 65.3 Å². The van der Waals surface area contributed by atoms with E-state index >= 15 is 0 Å². The Bertz CT molecular complexity index is 1270. The van der Waals surface area contributed by atoms with Crippen LogP contribution in [0.3, 0.4) is 0 Å². The van der Waals surface area contributed by atoms with Gasteiger partial charge in [-0.1, -0.05) is 19.9 Å². The van der Waals surface area contributed by atoms with Gasteiger partial charge in [-0.05, 0) is 80.6 Å². The molecule has 2 aromatic carbocycles. The third-order valence-corrected chi connectivity index (χ3v) is 6.44. The molecule has 0 radical (unpaired) electrons. The van der Waals surface area contributed by atoms with Gasteiger partial charge in [-0.25, -0.2) is 10.3 Å². The molecular weight excluding hydrogens is 544 g/mol. The number of ether oxygens (including phenoxy) is 3. The number of alkyl carbamates (subject to hydrolysis) is 1. The van der Waals surface area contributed by atoms with E-state index in [0.29, 0.717) is 23.6 Å². The first-order valence-electron chi connectivity index (χ1n) is 13.7. The number of methoxy groups -OCH3 is 1. The maximum absolute atomic E-state index is 14.1. The zero-order valence-corrected chi connectivity index (χ0v) is 24.9. The Balaban J connectivity index is 1.93. The fourth-order valence-electron chi connectivity index (χ4n) is 4.54. The van der Waals surface area contributed by atoms with E-state index in [9.17, 15) is 19.2 Å². The van der Waals surface area contributed by atoms with Gasteiger partial charge in [0, 0.05) is 18.7 Å². The molecule has 4 N–H and O–H groups in total. The SMILES string of the molecule is COc1ccc(NC(=O)[C@@H]2Cc3ccc(OCC(=O)NO)cc3CN2C(=O)[C@H](CC(C)C)NC(=O)OC(C)(C)C)cc1. The second-order valence-electron chi connectivity index (χ2n) is 11.5. The van der Waals surface area contributed by atoms with Crippen LogP contribution >= 0.6 is 0 Å². The van der Waals surface area contributed by atoms with Crippen molar-refractivity contribution in [2.24, 2.45) is 5.92 Å². The van der Waals surface area contributed by atoms with E-state index in [4.69, 9.17) is 19.4 Å². The molecule has 1 aliphatic heterocycles. The van der Waals surface area contributed by atoms with Gasteiger partial charge in [-0.2, -0.15) is 0 Å². The topological polar surface area (TPSA) is 156 Å². The highest BCUT2D eigenvalue weighted by Crippen LogP contribution is 2.29. The van der Waals surface area contributed by atoms with E-state index in [-0.39, 0.29) is 24.8 Å². The third-order valence-electron chi connectivity index (χ3n) is 6.44. The van der Waals surface area contributed by atoms with E-state index in [0.717, 1.165) is 11.1 Å². The lowest BCUT2D eigenvalue weighted by Gasteiger charge is -2.38. The first-order valence-corrected chi connectivity index (χ1v) is 13.7. The Labute approximate surface area is 245 Å². The predicted molar refractivity (Wildman–Crippen MR) is 154 cm³/mol. The van der Waals surface area contributed by atoms with Crippen LogP contribution in [0, 0.1) is 5.92 Å². The Morgan fingerprint density at radius 3 is 2.29 bits per heavy atom. The van der Waals surface area contributed by atoms with Crippen molar-refractivity contribution in [2.75, 3.05) is 19.0 Å². The van der Waals surface area contributed by atoms with Gasteiger partial charge in [0.05, 0.1) is 7.11 Å². The Hall–Kier alpha value is -4.32. The van der Waals surface area contributed by atoms with Crippen molar-refractivity contribution >= 4 is 29.5 Å². The van der Waals surface area contributed by atoms with E-state index in [1.165, 1.54) is 10.4 Å². The number of anilines is 1. The van der Waals surface area contributed by atoms with Crippen LogP contribution < -0.4 is 25.6 Å². The number of amides is 4. The summed E-state index contributed by atoms with van der Waals surface area (Å²) in [6, 6.07) is 10.2. The van der Waals surface area contributed by atoms with E-state index < -0.39 is 42.2 Å². The van der Waals surface area contributed by atoms with Crippen molar-refractivity contribution in [1.82, 2.24) is 15.7 Å². The summed E-state index contributed by atoms with van der Waals surface area (Å²) in [5, 5.41) is 14.3. The molecule has 0 saturated carbocycles. The van der Waals surface area contributed by atoms with Crippen molar-refractivity contribution in [2.45, 2.75) is 71.7 Å². The van der Waals surface area contributed by atoms with Gasteiger partial charge in [-0.3, -0.25) is 19.6 Å². The van der Waals surface area contributed by atoms with Crippen LogP contribution in [0.4, 0.5) is 10.5 Å². The average Bonchev–Trinajstić information content (AvgIpc) is 2.93. The molecule has 3 rings (SSSR count). The number of carbonyl (C=O) groups is 4. The molecule has 0 spiro atoms. The van der Waals surface area contributed by atoms with Crippen molar-refractivity contribution in [3.63, 3.8) is 0 Å². The Kier molecular flexibility index (Phi) is 10.8. The third kappa shape index (κ3) is 9.10. The summed E-state index contributed by atoms with van der Waals surface area (Å²) in [4.78, 5) is 53.3. The molecule has 2 aromatic rings. The molecule has 0 aromatic heterocycles. The smallest absolute Gasteiger partial charge is 0.408 e. The van der Waals surface area contributed by atoms with Gasteiger partial charge in [0.2, 0.25) is 11.8 Å². The van der Waals surface area contributed by atoms with Gasteiger partial charge < -0.3 is 29.7 Å². The molecule has 0 bridgehead atoms. The lowest BCUT2D eigenvalue weighted by Crippen LogP contribution is -2.57. The molecular formula is C30H40N4O8. The van der Waals surface area contributed by atoms with Gasteiger partial charge in [0.1, 0.15) is 29.2 Å². The second-order valence-corrected chi connectivity index (χ2v) is 11.5. The minimum Gasteiger partial charge on any atom is -0.497 e. The molecule has 0 saturated heterocycles. The Morgan fingerprint density at radius 1 is 1.02 bits per heavy atom. The molecule has 1 heterocycles. The molecule has 0 aliphatic carbocycles. The number of nitrogens with one attached hydrogen (secondary N) is 3. The first-order chi connectivity index (χ1) is 19.8. The summed E-state index contributed by atoms with van der Waals surface area (Å²) in [6.45, 7) is 8.72. The minimum absolute atomic E-state index is 0.0511. The summed E-state index contributed by atoms with van der Waals surface area (Å²) in [5.74, 6) is -0.493. The number of nitrogens with zero attached hydrogens (tertiary/aromatic N) is 1. The van der Waals surface area contributed by atoms with Crippen molar-refractivity contribution in [3.05, 3.63) is 53.6 Å². The maximum Gasteiger partial charge on any atom is 0.408 e. The summed E-state index contributed by atoms with van der Waals surface area (Å²) in [6.07, 6.45) is -0.189. The van der Waals surface area contributed by atoms with Crippen molar-refractivity contribution in [1.29, 1.82) is 0 Å². The molecule has 0 fully saturated rings.